The van der Waals surface area contributed by atoms with E-state index in [-0.39, 0.29) is 0 Å². The molecule has 1 unspecified atom stereocenters. The number of aliphatic hydroxyl groups excluding tert-OH is 1. The van der Waals surface area contributed by atoms with E-state index < -0.39 is 18.8 Å². The maximum atomic E-state index is 12.3. The summed E-state index contributed by atoms with van der Waals surface area (Å²) in [6, 6.07) is 0. The second-order valence-corrected chi connectivity index (χ2v) is 5.90. The SMILES string of the molecule is OC(CN1CCNCC1)CN1CCN(CC(F)(F)F)CC1. The molecule has 0 aromatic carbocycles. The standard InChI is InChI=1S/C13H25F3N4O/c14-13(15,16)11-20-7-5-19(6-8-20)10-12(21)9-18-3-1-17-2-4-18/h12,17,21H,1-11H2. The Kier molecular flexibility index (Phi) is 6.24. The zero-order valence-corrected chi connectivity index (χ0v) is 12.3. The molecule has 2 aliphatic heterocycles. The highest BCUT2D eigenvalue weighted by molar-refractivity contribution is 4.78. The molecule has 0 saturated carbocycles. The van der Waals surface area contributed by atoms with E-state index in [4.69, 9.17) is 0 Å². The predicted molar refractivity (Wildman–Crippen MR) is 74.3 cm³/mol. The molecule has 2 fully saturated rings. The monoisotopic (exact) mass is 310 g/mol. The van der Waals surface area contributed by atoms with Gasteiger partial charge in [-0.25, -0.2) is 0 Å². The Morgan fingerprint density at radius 1 is 0.857 bits per heavy atom. The lowest BCUT2D eigenvalue weighted by atomic mass is 10.2. The second kappa shape index (κ2) is 7.73. The third kappa shape index (κ3) is 6.48. The first-order valence-corrected chi connectivity index (χ1v) is 7.55. The smallest absolute Gasteiger partial charge is 0.390 e. The molecule has 124 valence electrons. The van der Waals surface area contributed by atoms with Gasteiger partial charge in [0.05, 0.1) is 12.6 Å². The third-order valence-corrected chi connectivity index (χ3v) is 4.02. The molecule has 2 N–H and O–H groups in total. The van der Waals surface area contributed by atoms with Gasteiger partial charge in [0.25, 0.3) is 0 Å². The van der Waals surface area contributed by atoms with Crippen molar-refractivity contribution in [1.82, 2.24) is 20.0 Å². The van der Waals surface area contributed by atoms with Crippen molar-refractivity contribution < 1.29 is 18.3 Å². The van der Waals surface area contributed by atoms with Crippen LogP contribution in [0.1, 0.15) is 0 Å². The normalized spacial score (nSPS) is 25.1. The molecule has 2 heterocycles. The first kappa shape index (κ1) is 17.0. The van der Waals surface area contributed by atoms with Crippen LogP contribution in [0.3, 0.4) is 0 Å². The van der Waals surface area contributed by atoms with Crippen molar-refractivity contribution in [2.24, 2.45) is 0 Å². The molecule has 5 nitrogen and oxygen atoms in total. The Balaban J connectivity index is 1.63. The molecule has 0 aliphatic carbocycles. The van der Waals surface area contributed by atoms with Gasteiger partial charge in [-0.2, -0.15) is 13.2 Å². The molecular formula is C13H25F3N4O. The van der Waals surface area contributed by atoms with Crippen LogP contribution in [0.2, 0.25) is 0 Å². The number of hydrogen-bond acceptors (Lipinski definition) is 5. The molecule has 0 aromatic rings. The van der Waals surface area contributed by atoms with Crippen LogP contribution in [0.4, 0.5) is 13.2 Å². The largest absolute Gasteiger partial charge is 0.401 e. The number of nitrogens with zero attached hydrogens (tertiary/aromatic N) is 3. The zero-order valence-electron chi connectivity index (χ0n) is 12.3. The summed E-state index contributed by atoms with van der Waals surface area (Å²) in [5.41, 5.74) is 0. The highest BCUT2D eigenvalue weighted by Gasteiger charge is 2.32. The zero-order chi connectivity index (χ0) is 15.3. The first-order chi connectivity index (χ1) is 9.92. The third-order valence-electron chi connectivity index (χ3n) is 4.02. The summed E-state index contributed by atoms with van der Waals surface area (Å²) in [6.45, 7) is 6.15. The van der Waals surface area contributed by atoms with Crippen LogP contribution in [-0.4, -0.2) is 104 Å². The lowest BCUT2D eigenvalue weighted by Crippen LogP contribution is -2.52. The summed E-state index contributed by atoms with van der Waals surface area (Å²) >= 11 is 0. The summed E-state index contributed by atoms with van der Waals surface area (Å²) in [4.78, 5) is 5.71. The van der Waals surface area contributed by atoms with Gasteiger partial charge in [0, 0.05) is 65.4 Å². The number of aliphatic hydroxyl groups is 1. The van der Waals surface area contributed by atoms with Crippen LogP contribution < -0.4 is 5.32 Å². The molecule has 0 aromatic heterocycles. The van der Waals surface area contributed by atoms with Crippen molar-refractivity contribution >= 4 is 0 Å². The van der Waals surface area contributed by atoms with E-state index in [1.54, 1.807) is 0 Å². The van der Waals surface area contributed by atoms with E-state index in [0.717, 1.165) is 26.2 Å². The maximum absolute atomic E-state index is 12.3. The number of piperazine rings is 2. The first-order valence-electron chi connectivity index (χ1n) is 7.55. The van der Waals surface area contributed by atoms with Gasteiger partial charge in [0.15, 0.2) is 0 Å². The number of halogens is 3. The quantitative estimate of drug-likeness (QED) is 0.712. The highest BCUT2D eigenvalue weighted by atomic mass is 19.4. The molecule has 21 heavy (non-hydrogen) atoms. The average molecular weight is 310 g/mol. The Labute approximate surface area is 123 Å². The van der Waals surface area contributed by atoms with Gasteiger partial charge < -0.3 is 10.4 Å². The number of rotatable bonds is 5. The minimum absolute atomic E-state index is 0.417. The fraction of sp³-hybridized carbons (Fsp3) is 1.00. The number of hydrogen-bond donors (Lipinski definition) is 2. The Hall–Kier alpha value is -0.410. The molecule has 0 radical (unpaired) electrons. The molecule has 2 aliphatic rings. The highest BCUT2D eigenvalue weighted by Crippen LogP contribution is 2.17. The van der Waals surface area contributed by atoms with Crippen molar-refractivity contribution in [3.05, 3.63) is 0 Å². The van der Waals surface area contributed by atoms with Crippen molar-refractivity contribution in [3.8, 4) is 0 Å². The molecule has 8 heteroatoms. The molecular weight excluding hydrogens is 285 g/mol. The van der Waals surface area contributed by atoms with Gasteiger partial charge >= 0.3 is 6.18 Å². The van der Waals surface area contributed by atoms with Gasteiger partial charge in [0.1, 0.15) is 0 Å². The summed E-state index contributed by atoms with van der Waals surface area (Å²) in [5.74, 6) is 0. The fourth-order valence-electron chi connectivity index (χ4n) is 2.93. The van der Waals surface area contributed by atoms with Gasteiger partial charge in [-0.05, 0) is 0 Å². The maximum Gasteiger partial charge on any atom is 0.401 e. The van der Waals surface area contributed by atoms with Crippen molar-refractivity contribution in [3.63, 3.8) is 0 Å². The fourth-order valence-corrected chi connectivity index (χ4v) is 2.93. The minimum Gasteiger partial charge on any atom is -0.390 e. The summed E-state index contributed by atoms with van der Waals surface area (Å²) < 4.78 is 36.9. The average Bonchev–Trinajstić information content (AvgIpc) is 2.40. The van der Waals surface area contributed by atoms with Crippen LogP contribution in [0.15, 0.2) is 0 Å². The predicted octanol–water partition coefficient (Wildman–Crippen LogP) is -0.568. The number of alkyl halides is 3. The van der Waals surface area contributed by atoms with E-state index in [9.17, 15) is 18.3 Å². The van der Waals surface area contributed by atoms with Crippen LogP contribution >= 0.6 is 0 Å². The Morgan fingerprint density at radius 2 is 1.33 bits per heavy atom. The van der Waals surface area contributed by atoms with Crippen molar-refractivity contribution in [2.45, 2.75) is 12.3 Å². The van der Waals surface area contributed by atoms with Gasteiger partial charge in [-0.3, -0.25) is 14.7 Å². The Bertz CT molecular complexity index is 302. The summed E-state index contributed by atoms with van der Waals surface area (Å²) in [6.07, 6.45) is -4.55. The lowest BCUT2D eigenvalue weighted by molar-refractivity contribution is -0.149. The van der Waals surface area contributed by atoms with Crippen LogP contribution in [0, 0.1) is 0 Å². The van der Waals surface area contributed by atoms with E-state index in [2.05, 4.69) is 15.1 Å². The molecule has 2 saturated heterocycles. The molecule has 2 rings (SSSR count). The van der Waals surface area contributed by atoms with Crippen molar-refractivity contribution in [1.29, 1.82) is 0 Å². The van der Waals surface area contributed by atoms with Gasteiger partial charge in [-0.15, -0.1) is 0 Å². The van der Waals surface area contributed by atoms with E-state index in [0.29, 0.717) is 39.3 Å². The summed E-state index contributed by atoms with van der Waals surface area (Å²) in [5, 5.41) is 13.4. The summed E-state index contributed by atoms with van der Waals surface area (Å²) in [7, 11) is 0. The van der Waals surface area contributed by atoms with Crippen molar-refractivity contribution in [2.75, 3.05) is 72.0 Å². The van der Waals surface area contributed by atoms with Crippen LogP contribution in [0.25, 0.3) is 0 Å². The number of β-amino-alcohol motifs (C(OH)–C–C–N with tert-alkyl or cyclic N) is 1. The molecule has 1 atom stereocenters. The van der Waals surface area contributed by atoms with E-state index in [1.807, 2.05) is 0 Å². The lowest BCUT2D eigenvalue weighted by Gasteiger charge is -2.37. The topological polar surface area (TPSA) is 42.0 Å². The van der Waals surface area contributed by atoms with Gasteiger partial charge in [0.2, 0.25) is 0 Å². The van der Waals surface area contributed by atoms with E-state index >= 15 is 0 Å². The minimum atomic E-state index is -4.12. The Morgan fingerprint density at radius 3 is 1.86 bits per heavy atom. The molecule has 0 bridgehead atoms. The second-order valence-electron chi connectivity index (χ2n) is 5.90. The number of nitrogens with one attached hydrogen (secondary N) is 1. The van der Waals surface area contributed by atoms with E-state index in [1.165, 1.54) is 4.90 Å². The molecule has 0 amide bonds. The van der Waals surface area contributed by atoms with Gasteiger partial charge in [-0.1, -0.05) is 0 Å². The van der Waals surface area contributed by atoms with Crippen LogP contribution in [0.5, 0.6) is 0 Å². The molecule has 0 spiro atoms. The van der Waals surface area contributed by atoms with Crippen LogP contribution in [-0.2, 0) is 0 Å².